The Morgan fingerprint density at radius 2 is 2.31 bits per heavy atom. The molecule has 88 valence electrons. The second-order valence-corrected chi connectivity index (χ2v) is 3.83. The maximum atomic E-state index is 12.8. The number of nitrogens with zero attached hydrogens (tertiary/aromatic N) is 1. The van der Waals surface area contributed by atoms with Gasteiger partial charge >= 0.3 is 5.97 Å². The zero-order chi connectivity index (χ0) is 12.3. The van der Waals surface area contributed by atoms with Crippen LogP contribution < -0.4 is 0 Å². The fraction of sp³-hybridized carbons (Fsp3) is 0.333. The molecule has 0 atom stereocenters. The first kappa shape index (κ1) is 13.3. The predicted octanol–water partition coefficient (Wildman–Crippen LogP) is 3.31. The standard InChI is InChI=1S/C9H7BrClF2NO2/c1-16-9(15)4-3-14-5(2-11)7(10)6(4)8(12)13/h3,8H,2H2,1H3. The number of methoxy groups -OCH3 is 1. The number of aromatic nitrogens is 1. The van der Waals surface area contributed by atoms with Gasteiger partial charge in [0.15, 0.2) is 0 Å². The van der Waals surface area contributed by atoms with E-state index in [1.807, 2.05) is 0 Å². The topological polar surface area (TPSA) is 39.2 Å². The van der Waals surface area contributed by atoms with E-state index in [9.17, 15) is 13.6 Å². The Kier molecular flexibility index (Phi) is 4.61. The van der Waals surface area contributed by atoms with E-state index in [4.69, 9.17) is 11.6 Å². The van der Waals surface area contributed by atoms with Crippen LogP contribution in [0.25, 0.3) is 0 Å². The van der Waals surface area contributed by atoms with Crippen LogP contribution in [-0.4, -0.2) is 18.1 Å². The number of rotatable bonds is 3. The van der Waals surface area contributed by atoms with Crippen molar-refractivity contribution in [3.63, 3.8) is 0 Å². The van der Waals surface area contributed by atoms with E-state index in [0.29, 0.717) is 0 Å². The number of halogens is 4. The number of carbonyl (C=O) groups excluding carboxylic acids is 1. The first-order valence-corrected chi connectivity index (χ1v) is 5.45. The minimum absolute atomic E-state index is 0.0260. The van der Waals surface area contributed by atoms with Crippen LogP contribution in [0, 0.1) is 0 Å². The minimum Gasteiger partial charge on any atom is -0.465 e. The van der Waals surface area contributed by atoms with Gasteiger partial charge in [0.2, 0.25) is 0 Å². The summed E-state index contributed by atoms with van der Waals surface area (Å²) in [4.78, 5) is 15.0. The van der Waals surface area contributed by atoms with E-state index in [2.05, 4.69) is 25.7 Å². The molecule has 0 aliphatic heterocycles. The molecule has 0 radical (unpaired) electrons. The van der Waals surface area contributed by atoms with E-state index in [1.54, 1.807) is 0 Å². The summed E-state index contributed by atoms with van der Waals surface area (Å²) in [6.45, 7) is 0. The molecule has 0 unspecified atom stereocenters. The Hall–Kier alpha value is -0.750. The molecule has 1 heterocycles. The molecule has 7 heteroatoms. The third-order valence-electron chi connectivity index (χ3n) is 1.88. The van der Waals surface area contributed by atoms with Crippen LogP contribution in [0.2, 0.25) is 0 Å². The van der Waals surface area contributed by atoms with Crippen LogP contribution in [0.1, 0.15) is 28.0 Å². The van der Waals surface area contributed by atoms with Gasteiger partial charge in [-0.1, -0.05) is 0 Å². The third kappa shape index (κ3) is 2.49. The van der Waals surface area contributed by atoms with Gasteiger partial charge in [0, 0.05) is 11.8 Å². The molecule has 0 aromatic carbocycles. The Balaban J connectivity index is 3.40. The lowest BCUT2D eigenvalue weighted by Crippen LogP contribution is -2.09. The van der Waals surface area contributed by atoms with Crippen molar-refractivity contribution in [2.45, 2.75) is 12.3 Å². The smallest absolute Gasteiger partial charge is 0.339 e. The number of hydrogen-bond donors (Lipinski definition) is 0. The maximum Gasteiger partial charge on any atom is 0.339 e. The Morgan fingerprint density at radius 1 is 1.69 bits per heavy atom. The van der Waals surface area contributed by atoms with Crippen LogP contribution in [0.15, 0.2) is 10.7 Å². The van der Waals surface area contributed by atoms with Gasteiger partial charge in [-0.2, -0.15) is 0 Å². The molecule has 0 spiro atoms. The van der Waals surface area contributed by atoms with Crippen molar-refractivity contribution >= 4 is 33.5 Å². The lowest BCUT2D eigenvalue weighted by molar-refractivity contribution is 0.0588. The molecule has 0 saturated carbocycles. The molecule has 0 aliphatic rings. The van der Waals surface area contributed by atoms with Gasteiger partial charge in [-0.15, -0.1) is 11.6 Å². The van der Waals surface area contributed by atoms with Crippen molar-refractivity contribution in [1.82, 2.24) is 4.98 Å². The lowest BCUT2D eigenvalue weighted by Gasteiger charge is -2.11. The van der Waals surface area contributed by atoms with Crippen molar-refractivity contribution in [1.29, 1.82) is 0 Å². The zero-order valence-electron chi connectivity index (χ0n) is 8.14. The van der Waals surface area contributed by atoms with Crippen molar-refractivity contribution in [2.24, 2.45) is 0 Å². The largest absolute Gasteiger partial charge is 0.465 e. The number of ether oxygens (including phenoxy) is 1. The highest BCUT2D eigenvalue weighted by molar-refractivity contribution is 9.10. The zero-order valence-corrected chi connectivity index (χ0v) is 10.5. The summed E-state index contributed by atoms with van der Waals surface area (Å²) in [5.41, 5.74) is -0.458. The number of pyridine rings is 1. The number of hydrogen-bond acceptors (Lipinski definition) is 3. The average molecular weight is 315 g/mol. The van der Waals surface area contributed by atoms with Gasteiger partial charge in [-0.25, -0.2) is 13.6 Å². The van der Waals surface area contributed by atoms with Crippen LogP contribution in [0.4, 0.5) is 8.78 Å². The second-order valence-electron chi connectivity index (χ2n) is 2.77. The van der Waals surface area contributed by atoms with Gasteiger partial charge in [0.1, 0.15) is 0 Å². The summed E-state index contributed by atoms with van der Waals surface area (Å²) in [5.74, 6) is -0.883. The molecule has 3 nitrogen and oxygen atoms in total. The predicted molar refractivity (Wildman–Crippen MR) is 57.8 cm³/mol. The second kappa shape index (κ2) is 5.54. The van der Waals surface area contributed by atoms with E-state index < -0.39 is 18.0 Å². The first-order chi connectivity index (χ1) is 7.52. The summed E-state index contributed by atoms with van der Waals surface area (Å²) in [7, 11) is 1.11. The highest BCUT2D eigenvalue weighted by Gasteiger charge is 2.24. The Morgan fingerprint density at radius 3 is 2.75 bits per heavy atom. The highest BCUT2D eigenvalue weighted by Crippen LogP contribution is 2.33. The summed E-state index contributed by atoms with van der Waals surface area (Å²) in [6.07, 6.45) is -1.77. The molecular formula is C9H7BrClF2NO2. The molecule has 0 N–H and O–H groups in total. The van der Waals surface area contributed by atoms with Crippen LogP contribution in [-0.2, 0) is 10.6 Å². The molecule has 0 amide bonds. The molecular weight excluding hydrogens is 307 g/mol. The molecule has 16 heavy (non-hydrogen) atoms. The van der Waals surface area contributed by atoms with E-state index >= 15 is 0 Å². The summed E-state index contributed by atoms with van der Waals surface area (Å²) < 4.78 is 30.0. The summed E-state index contributed by atoms with van der Waals surface area (Å²) in [5, 5.41) is 0. The average Bonchev–Trinajstić information content (AvgIpc) is 2.26. The first-order valence-electron chi connectivity index (χ1n) is 4.12. The van der Waals surface area contributed by atoms with E-state index in [-0.39, 0.29) is 21.6 Å². The van der Waals surface area contributed by atoms with Gasteiger partial charge in [0.05, 0.1) is 28.7 Å². The molecule has 1 rings (SSSR count). The summed E-state index contributed by atoms with van der Waals surface area (Å²) in [6, 6.07) is 0. The van der Waals surface area contributed by atoms with Crippen molar-refractivity contribution in [3.05, 3.63) is 27.5 Å². The molecule has 0 bridgehead atoms. The number of esters is 1. The SMILES string of the molecule is COC(=O)c1cnc(CCl)c(Br)c1C(F)F. The number of carbonyl (C=O) groups is 1. The molecule has 0 fully saturated rings. The molecule has 1 aromatic heterocycles. The van der Waals surface area contributed by atoms with Crippen LogP contribution >= 0.6 is 27.5 Å². The van der Waals surface area contributed by atoms with E-state index in [0.717, 1.165) is 13.3 Å². The van der Waals surface area contributed by atoms with Crippen molar-refractivity contribution in [2.75, 3.05) is 7.11 Å². The quantitative estimate of drug-likeness (QED) is 0.635. The van der Waals surface area contributed by atoms with Gasteiger partial charge in [-0.3, -0.25) is 4.98 Å². The normalized spacial score (nSPS) is 10.6. The van der Waals surface area contributed by atoms with Crippen molar-refractivity contribution < 1.29 is 18.3 Å². The monoisotopic (exact) mass is 313 g/mol. The van der Waals surface area contributed by atoms with Gasteiger partial charge in [-0.05, 0) is 15.9 Å². The third-order valence-corrected chi connectivity index (χ3v) is 3.02. The van der Waals surface area contributed by atoms with E-state index in [1.165, 1.54) is 0 Å². The minimum atomic E-state index is -2.81. The molecule has 0 aliphatic carbocycles. The van der Waals surface area contributed by atoms with Crippen LogP contribution in [0.5, 0.6) is 0 Å². The van der Waals surface area contributed by atoms with Gasteiger partial charge in [0.25, 0.3) is 6.43 Å². The Labute approximate surface area is 104 Å². The van der Waals surface area contributed by atoms with Crippen LogP contribution in [0.3, 0.4) is 0 Å². The number of alkyl halides is 3. The maximum absolute atomic E-state index is 12.8. The lowest BCUT2D eigenvalue weighted by atomic mass is 10.1. The molecule has 0 saturated heterocycles. The highest BCUT2D eigenvalue weighted by atomic mass is 79.9. The Bertz CT molecular complexity index is 415. The summed E-state index contributed by atoms with van der Waals surface area (Å²) >= 11 is 8.48. The fourth-order valence-corrected chi connectivity index (χ4v) is 2.11. The molecule has 1 aromatic rings. The van der Waals surface area contributed by atoms with Crippen molar-refractivity contribution in [3.8, 4) is 0 Å². The van der Waals surface area contributed by atoms with Gasteiger partial charge < -0.3 is 4.74 Å². The fourth-order valence-electron chi connectivity index (χ4n) is 1.12.